The lowest BCUT2D eigenvalue weighted by Crippen LogP contribution is -2.31. The minimum atomic E-state index is -3.16. The van der Waals surface area contributed by atoms with E-state index in [-0.39, 0.29) is 5.82 Å². The first-order chi connectivity index (χ1) is 9.88. The van der Waals surface area contributed by atoms with Gasteiger partial charge in [-0.15, -0.1) is 0 Å². The van der Waals surface area contributed by atoms with Crippen molar-refractivity contribution in [2.75, 3.05) is 38.3 Å². The van der Waals surface area contributed by atoms with Crippen molar-refractivity contribution in [3.8, 4) is 0 Å². The molecule has 118 valence electrons. The van der Waals surface area contributed by atoms with Gasteiger partial charge in [0, 0.05) is 25.8 Å². The summed E-state index contributed by atoms with van der Waals surface area (Å²) in [4.78, 5) is 19.1. The van der Waals surface area contributed by atoms with E-state index < -0.39 is 16.0 Å². The highest BCUT2D eigenvalue weighted by atomic mass is 32.2. The van der Waals surface area contributed by atoms with E-state index in [2.05, 4.69) is 20.0 Å². The van der Waals surface area contributed by atoms with Gasteiger partial charge in [0.2, 0.25) is 15.8 Å². The Morgan fingerprint density at radius 2 is 2.19 bits per heavy atom. The highest BCUT2D eigenvalue weighted by molar-refractivity contribution is 7.88. The molecule has 1 heterocycles. The summed E-state index contributed by atoms with van der Waals surface area (Å²) in [5.74, 6) is -0.130. The second-order valence-corrected chi connectivity index (χ2v) is 6.27. The molecule has 0 saturated heterocycles. The van der Waals surface area contributed by atoms with Crippen LogP contribution in [0.2, 0.25) is 0 Å². The van der Waals surface area contributed by atoms with Crippen LogP contribution in [0.15, 0.2) is 12.3 Å². The molecular weight excluding hydrogens is 296 g/mol. The van der Waals surface area contributed by atoms with Crippen molar-refractivity contribution in [3.63, 3.8) is 0 Å². The Kier molecular flexibility index (Phi) is 6.50. The van der Waals surface area contributed by atoms with Crippen molar-refractivity contribution in [1.82, 2.24) is 14.3 Å². The number of ether oxygens (including phenoxy) is 1. The number of methoxy groups -OCH3 is 1. The van der Waals surface area contributed by atoms with Gasteiger partial charge in [0.15, 0.2) is 0 Å². The number of carbonyl (C=O) groups excluding carboxylic acids is 1. The van der Waals surface area contributed by atoms with Crippen LogP contribution in [-0.2, 0) is 14.8 Å². The van der Waals surface area contributed by atoms with Gasteiger partial charge >= 0.3 is 5.97 Å². The molecule has 0 fully saturated rings. The zero-order valence-corrected chi connectivity index (χ0v) is 13.2. The zero-order chi connectivity index (χ0) is 15.9. The van der Waals surface area contributed by atoms with Crippen molar-refractivity contribution in [1.29, 1.82) is 0 Å². The Morgan fingerprint density at radius 1 is 1.48 bits per heavy atom. The van der Waals surface area contributed by atoms with Gasteiger partial charge in [0.25, 0.3) is 0 Å². The van der Waals surface area contributed by atoms with Gasteiger partial charge in [-0.05, 0) is 12.5 Å². The molecule has 0 aliphatic carbocycles. The van der Waals surface area contributed by atoms with Gasteiger partial charge in [-0.2, -0.15) is 0 Å². The van der Waals surface area contributed by atoms with Gasteiger partial charge in [-0.1, -0.05) is 6.92 Å². The fourth-order valence-electron chi connectivity index (χ4n) is 1.68. The molecule has 0 amide bonds. The van der Waals surface area contributed by atoms with E-state index in [4.69, 9.17) is 0 Å². The first-order valence-corrected chi connectivity index (χ1v) is 8.33. The Hall–Kier alpha value is -1.74. The van der Waals surface area contributed by atoms with Crippen LogP contribution >= 0.6 is 0 Å². The molecule has 0 bridgehead atoms. The average molecular weight is 316 g/mol. The van der Waals surface area contributed by atoms with Crippen molar-refractivity contribution < 1.29 is 17.9 Å². The first-order valence-electron chi connectivity index (χ1n) is 6.48. The Bertz CT molecular complexity index is 576. The van der Waals surface area contributed by atoms with Crippen LogP contribution in [0.4, 0.5) is 5.82 Å². The molecule has 1 aromatic heterocycles. The predicted molar refractivity (Wildman–Crippen MR) is 78.6 cm³/mol. The van der Waals surface area contributed by atoms with E-state index in [0.717, 1.165) is 0 Å². The molecule has 0 atom stereocenters. The number of nitrogens with one attached hydrogen (secondary N) is 1. The third kappa shape index (κ3) is 5.64. The Balaban J connectivity index is 2.48. The maximum Gasteiger partial charge on any atom is 0.376 e. The molecule has 0 radical (unpaired) electrons. The van der Waals surface area contributed by atoms with Crippen molar-refractivity contribution in [2.24, 2.45) is 0 Å². The molecule has 0 saturated carbocycles. The SMILES string of the molecule is CCN(CCCNc1ccnc(C(=O)OC)n1)S(C)(=O)=O. The third-order valence-corrected chi connectivity index (χ3v) is 4.11. The molecular formula is C12H20N4O4S. The zero-order valence-electron chi connectivity index (χ0n) is 12.4. The lowest BCUT2D eigenvalue weighted by molar-refractivity contribution is 0.0587. The summed E-state index contributed by atoms with van der Waals surface area (Å²) in [6, 6.07) is 1.63. The summed E-state index contributed by atoms with van der Waals surface area (Å²) in [7, 11) is -1.90. The molecule has 0 aliphatic heterocycles. The van der Waals surface area contributed by atoms with E-state index >= 15 is 0 Å². The van der Waals surface area contributed by atoms with Gasteiger partial charge in [0.05, 0.1) is 13.4 Å². The fraction of sp³-hybridized carbons (Fsp3) is 0.583. The number of hydrogen-bond acceptors (Lipinski definition) is 7. The molecule has 1 rings (SSSR count). The number of aromatic nitrogens is 2. The number of rotatable bonds is 8. The normalized spacial score (nSPS) is 11.4. The van der Waals surface area contributed by atoms with Gasteiger partial charge in [0.1, 0.15) is 5.82 Å². The molecule has 9 heteroatoms. The van der Waals surface area contributed by atoms with Gasteiger partial charge in [-0.3, -0.25) is 0 Å². The first kappa shape index (κ1) is 17.3. The van der Waals surface area contributed by atoms with E-state index in [1.54, 1.807) is 13.0 Å². The van der Waals surface area contributed by atoms with Crippen LogP contribution in [0.25, 0.3) is 0 Å². The van der Waals surface area contributed by atoms with Crippen LogP contribution in [0.5, 0.6) is 0 Å². The van der Waals surface area contributed by atoms with Crippen molar-refractivity contribution >= 4 is 21.8 Å². The second kappa shape index (κ2) is 7.89. The van der Waals surface area contributed by atoms with Crippen molar-refractivity contribution in [2.45, 2.75) is 13.3 Å². The highest BCUT2D eigenvalue weighted by Gasteiger charge is 2.13. The maximum absolute atomic E-state index is 11.4. The molecule has 21 heavy (non-hydrogen) atoms. The molecule has 1 aromatic rings. The van der Waals surface area contributed by atoms with Gasteiger partial charge in [-0.25, -0.2) is 27.5 Å². The highest BCUT2D eigenvalue weighted by Crippen LogP contribution is 2.04. The fourth-order valence-corrected chi connectivity index (χ4v) is 2.61. The summed E-state index contributed by atoms with van der Waals surface area (Å²) in [5, 5.41) is 3.01. The Labute approximate surface area is 124 Å². The van der Waals surface area contributed by atoms with Crippen LogP contribution in [0.1, 0.15) is 24.0 Å². The van der Waals surface area contributed by atoms with Crippen LogP contribution < -0.4 is 5.32 Å². The number of anilines is 1. The minimum absolute atomic E-state index is 0.0196. The number of carbonyl (C=O) groups is 1. The molecule has 0 spiro atoms. The number of hydrogen-bond donors (Lipinski definition) is 1. The van der Waals surface area contributed by atoms with Crippen molar-refractivity contribution in [3.05, 3.63) is 18.1 Å². The summed E-state index contributed by atoms with van der Waals surface area (Å²) < 4.78 is 28.8. The van der Waals surface area contributed by atoms with E-state index in [1.807, 2.05) is 0 Å². The molecule has 0 aliphatic rings. The second-order valence-electron chi connectivity index (χ2n) is 4.29. The van der Waals surface area contributed by atoms with Crippen LogP contribution in [0, 0.1) is 0 Å². The number of nitrogens with zero attached hydrogens (tertiary/aromatic N) is 3. The lowest BCUT2D eigenvalue weighted by atomic mass is 10.4. The summed E-state index contributed by atoms with van der Waals surface area (Å²) >= 11 is 0. The monoisotopic (exact) mass is 316 g/mol. The topological polar surface area (TPSA) is 101 Å². The largest absolute Gasteiger partial charge is 0.463 e. The third-order valence-electron chi connectivity index (χ3n) is 2.74. The standard InChI is InChI=1S/C12H20N4O4S/c1-4-16(21(3,18)19)9-5-7-13-10-6-8-14-11(15-10)12(17)20-2/h6,8H,4-5,7,9H2,1-3H3,(H,13,14,15). The quantitative estimate of drug-likeness (QED) is 0.545. The summed E-state index contributed by atoms with van der Waals surface area (Å²) in [5.41, 5.74) is 0. The van der Waals surface area contributed by atoms with Crippen LogP contribution in [-0.4, -0.2) is 61.7 Å². The van der Waals surface area contributed by atoms with Gasteiger partial charge < -0.3 is 10.1 Å². The number of esters is 1. The Morgan fingerprint density at radius 3 is 2.76 bits per heavy atom. The minimum Gasteiger partial charge on any atom is -0.463 e. The number of sulfonamides is 1. The van der Waals surface area contributed by atoms with Crippen LogP contribution in [0.3, 0.4) is 0 Å². The molecule has 1 N–H and O–H groups in total. The average Bonchev–Trinajstić information content (AvgIpc) is 2.45. The molecule has 8 nitrogen and oxygen atoms in total. The molecule has 0 unspecified atom stereocenters. The van der Waals surface area contributed by atoms with E-state index in [0.29, 0.717) is 31.9 Å². The summed E-state index contributed by atoms with van der Waals surface area (Å²) in [6.45, 7) is 3.20. The molecule has 0 aromatic carbocycles. The predicted octanol–water partition coefficient (Wildman–Crippen LogP) is 0.347. The summed E-state index contributed by atoms with van der Waals surface area (Å²) in [6.07, 6.45) is 3.27. The lowest BCUT2D eigenvalue weighted by Gasteiger charge is -2.17. The van der Waals surface area contributed by atoms with E-state index in [1.165, 1.54) is 23.9 Å². The maximum atomic E-state index is 11.4. The smallest absolute Gasteiger partial charge is 0.376 e. The van der Waals surface area contributed by atoms with E-state index in [9.17, 15) is 13.2 Å².